The van der Waals surface area contributed by atoms with E-state index in [0.717, 1.165) is 42.9 Å². The summed E-state index contributed by atoms with van der Waals surface area (Å²) in [6.07, 6.45) is 3.56. The lowest BCUT2D eigenvalue weighted by Crippen LogP contribution is -2.48. The number of nitriles is 1. The minimum absolute atomic E-state index is 0.175. The molecule has 42 heavy (non-hydrogen) atoms. The van der Waals surface area contributed by atoms with Crippen LogP contribution in [0.4, 0.5) is 5.69 Å². The summed E-state index contributed by atoms with van der Waals surface area (Å²) in [6, 6.07) is 17.5. The summed E-state index contributed by atoms with van der Waals surface area (Å²) < 4.78 is 17.5. The molecule has 0 bridgehead atoms. The number of ether oxygens (including phenoxy) is 2. The van der Waals surface area contributed by atoms with Crippen molar-refractivity contribution >= 4 is 22.7 Å². The van der Waals surface area contributed by atoms with Crippen molar-refractivity contribution in [1.82, 2.24) is 15.2 Å². The fourth-order valence-corrected chi connectivity index (χ4v) is 4.88. The van der Waals surface area contributed by atoms with Crippen molar-refractivity contribution in [2.75, 3.05) is 46.3 Å². The number of methoxy groups -OCH3 is 1. The number of hydrogen-bond acceptors (Lipinski definition) is 8. The highest BCUT2D eigenvalue weighted by molar-refractivity contribution is 5.96. The van der Waals surface area contributed by atoms with E-state index >= 15 is 0 Å². The third-order valence-electron chi connectivity index (χ3n) is 8.07. The number of aromatic nitrogens is 1. The van der Waals surface area contributed by atoms with Crippen LogP contribution < -0.4 is 15.4 Å². The Morgan fingerprint density at radius 3 is 2.62 bits per heavy atom. The fourth-order valence-electron chi connectivity index (χ4n) is 4.88. The van der Waals surface area contributed by atoms with E-state index in [9.17, 15) is 10.1 Å². The van der Waals surface area contributed by atoms with Crippen LogP contribution in [0.5, 0.6) is 5.75 Å². The molecule has 1 saturated heterocycles. The van der Waals surface area contributed by atoms with Gasteiger partial charge in [-0.1, -0.05) is 6.07 Å². The molecule has 5 rings (SSSR count). The summed E-state index contributed by atoms with van der Waals surface area (Å²) in [4.78, 5) is 19.5. The van der Waals surface area contributed by atoms with Gasteiger partial charge in [0.05, 0.1) is 23.9 Å². The van der Waals surface area contributed by atoms with Crippen LogP contribution in [0.3, 0.4) is 0 Å². The number of pyridine rings is 1. The number of carbonyl (C=O) groups is 1. The minimum atomic E-state index is -0.186. The first-order valence-corrected chi connectivity index (χ1v) is 14.1. The van der Waals surface area contributed by atoms with Crippen LogP contribution in [0.1, 0.15) is 42.6 Å². The van der Waals surface area contributed by atoms with E-state index in [1.807, 2.05) is 50.5 Å². The number of rotatable bonds is 9. The van der Waals surface area contributed by atoms with Crippen LogP contribution in [0.15, 0.2) is 59.1 Å². The lowest BCUT2D eigenvalue weighted by Gasteiger charge is -2.32. The molecular formula is C33H37N5O4. The predicted octanol–water partition coefficient (Wildman–Crippen LogP) is 5.70. The van der Waals surface area contributed by atoms with Crippen LogP contribution in [-0.4, -0.2) is 68.3 Å². The summed E-state index contributed by atoms with van der Waals surface area (Å²) in [5, 5.41) is 16.4. The molecule has 4 aromatic rings. The van der Waals surface area contributed by atoms with Crippen LogP contribution in [0.25, 0.3) is 33.6 Å². The lowest BCUT2D eigenvalue weighted by molar-refractivity contribution is 0.0904. The lowest BCUT2D eigenvalue weighted by atomic mass is 10.0. The number of furan rings is 1. The first kappa shape index (κ1) is 29.1. The van der Waals surface area contributed by atoms with Gasteiger partial charge in [0, 0.05) is 54.7 Å². The van der Waals surface area contributed by atoms with Crippen molar-refractivity contribution in [3.63, 3.8) is 0 Å². The van der Waals surface area contributed by atoms with Crippen molar-refractivity contribution in [3.8, 4) is 34.3 Å². The topological polar surface area (TPSA) is 113 Å². The zero-order valence-corrected chi connectivity index (χ0v) is 24.8. The van der Waals surface area contributed by atoms with E-state index in [4.69, 9.17) is 13.9 Å². The molecule has 9 nitrogen and oxygen atoms in total. The first-order valence-electron chi connectivity index (χ1n) is 14.1. The van der Waals surface area contributed by atoms with Gasteiger partial charge in [-0.25, -0.2) is 0 Å². The molecule has 218 valence electrons. The normalized spacial score (nSPS) is 14.1. The number of hydrogen-bond donors (Lipinski definition) is 2. The second-order valence-electron chi connectivity index (χ2n) is 11.4. The van der Waals surface area contributed by atoms with Crippen molar-refractivity contribution in [3.05, 3.63) is 65.9 Å². The first-order chi connectivity index (χ1) is 20.2. The van der Waals surface area contributed by atoms with Gasteiger partial charge < -0.3 is 29.4 Å². The summed E-state index contributed by atoms with van der Waals surface area (Å²) in [7, 11) is 5.54. The third kappa shape index (κ3) is 6.10. The van der Waals surface area contributed by atoms with E-state index in [-0.39, 0.29) is 17.5 Å². The molecule has 1 amide bonds. The smallest absolute Gasteiger partial charge is 0.251 e. The van der Waals surface area contributed by atoms with Gasteiger partial charge in [0.1, 0.15) is 23.1 Å². The monoisotopic (exact) mass is 567 g/mol. The van der Waals surface area contributed by atoms with E-state index < -0.39 is 0 Å². The molecule has 0 radical (unpaired) electrons. The number of nitrogens with zero attached hydrogens (tertiary/aromatic N) is 3. The molecule has 1 aliphatic rings. The standard InChI is InChI=1S/C33H37N5O4/c1-33(2,38(3)4)20-36-32(39)22-6-8-26(29(17-22)40-5)30-18-28-31(42-30)25(10-13-35-28)21-7-9-27(23(16-21)19-34)37-24-11-14-41-15-12-24/h6-10,13,16-18,24,37H,11-12,14-15,20H2,1-5H3,(H,36,39). The maximum absolute atomic E-state index is 12.9. The third-order valence-corrected chi connectivity index (χ3v) is 8.07. The van der Waals surface area contributed by atoms with Gasteiger partial charge in [0.15, 0.2) is 5.58 Å². The number of fused-ring (bicyclic) bond motifs is 1. The second kappa shape index (κ2) is 12.2. The number of carbonyl (C=O) groups excluding carboxylic acids is 1. The Labute approximate surface area is 246 Å². The van der Waals surface area contributed by atoms with Crippen molar-refractivity contribution in [2.24, 2.45) is 0 Å². The molecule has 2 aromatic carbocycles. The molecule has 0 unspecified atom stereocenters. The Bertz CT molecular complexity index is 1630. The molecule has 1 fully saturated rings. The summed E-state index contributed by atoms with van der Waals surface area (Å²) in [6.45, 7) is 6.09. The van der Waals surface area contributed by atoms with Crippen molar-refractivity contribution in [1.29, 1.82) is 5.26 Å². The van der Waals surface area contributed by atoms with Gasteiger partial charge in [0.2, 0.25) is 0 Å². The Morgan fingerprint density at radius 1 is 1.12 bits per heavy atom. The van der Waals surface area contributed by atoms with Crippen LogP contribution >= 0.6 is 0 Å². The Balaban J connectivity index is 1.42. The number of likely N-dealkylation sites (N-methyl/N-ethyl adjacent to an activating group) is 1. The second-order valence-corrected chi connectivity index (χ2v) is 11.4. The quantitative estimate of drug-likeness (QED) is 0.265. The molecule has 0 saturated carbocycles. The zero-order valence-electron chi connectivity index (χ0n) is 24.8. The highest BCUT2D eigenvalue weighted by Gasteiger charge is 2.23. The van der Waals surface area contributed by atoms with Crippen LogP contribution in [0.2, 0.25) is 0 Å². The van der Waals surface area contributed by atoms with Gasteiger partial charge in [-0.2, -0.15) is 5.26 Å². The van der Waals surface area contributed by atoms with Crippen molar-refractivity contribution < 1.29 is 18.7 Å². The van der Waals surface area contributed by atoms with E-state index in [0.29, 0.717) is 45.8 Å². The Hall–Kier alpha value is -4.39. The molecule has 2 aromatic heterocycles. The Kier molecular flexibility index (Phi) is 8.48. The van der Waals surface area contributed by atoms with E-state index in [1.165, 1.54) is 0 Å². The molecule has 0 aliphatic carbocycles. The predicted molar refractivity (Wildman–Crippen MR) is 164 cm³/mol. The maximum atomic E-state index is 12.9. The molecule has 3 heterocycles. The van der Waals surface area contributed by atoms with Crippen LogP contribution in [0, 0.1) is 11.3 Å². The van der Waals surface area contributed by atoms with Gasteiger partial charge in [0.25, 0.3) is 5.91 Å². The highest BCUT2D eigenvalue weighted by Crippen LogP contribution is 2.38. The van der Waals surface area contributed by atoms with Gasteiger partial charge >= 0.3 is 0 Å². The summed E-state index contributed by atoms with van der Waals surface area (Å²) in [5.41, 5.74) is 5.39. The van der Waals surface area contributed by atoms with Crippen molar-refractivity contribution in [2.45, 2.75) is 38.3 Å². The van der Waals surface area contributed by atoms with E-state index in [1.54, 1.807) is 25.4 Å². The molecule has 9 heteroatoms. The largest absolute Gasteiger partial charge is 0.496 e. The number of amides is 1. The number of nitrogens with one attached hydrogen (secondary N) is 2. The molecule has 1 aliphatic heterocycles. The molecular weight excluding hydrogens is 530 g/mol. The zero-order chi connectivity index (χ0) is 29.9. The average molecular weight is 568 g/mol. The van der Waals surface area contributed by atoms with Gasteiger partial charge in [-0.15, -0.1) is 0 Å². The molecule has 2 N–H and O–H groups in total. The van der Waals surface area contributed by atoms with Gasteiger partial charge in [-0.3, -0.25) is 9.78 Å². The maximum Gasteiger partial charge on any atom is 0.251 e. The molecule has 0 spiro atoms. The fraction of sp³-hybridized carbons (Fsp3) is 0.364. The SMILES string of the molecule is COc1cc(C(=O)NCC(C)(C)N(C)C)ccc1-c1cc2nccc(-c3ccc(NC4CCOCC4)c(C#N)c3)c2o1. The number of anilines is 1. The molecule has 0 atom stereocenters. The number of benzene rings is 2. The summed E-state index contributed by atoms with van der Waals surface area (Å²) in [5.74, 6) is 0.914. The average Bonchev–Trinajstić information content (AvgIpc) is 3.44. The van der Waals surface area contributed by atoms with E-state index in [2.05, 4.69) is 40.4 Å². The van der Waals surface area contributed by atoms with Crippen LogP contribution in [-0.2, 0) is 4.74 Å². The minimum Gasteiger partial charge on any atom is -0.496 e. The van der Waals surface area contributed by atoms with Gasteiger partial charge in [-0.05, 0) is 82.7 Å². The summed E-state index contributed by atoms with van der Waals surface area (Å²) >= 11 is 0. The Morgan fingerprint density at radius 2 is 1.90 bits per heavy atom. The highest BCUT2D eigenvalue weighted by atomic mass is 16.5.